The number of rotatable bonds is 6. The molecule has 0 radical (unpaired) electrons. The van der Waals surface area contributed by atoms with Crippen LogP contribution >= 0.6 is 15.9 Å². The van der Waals surface area contributed by atoms with Crippen molar-refractivity contribution in [3.8, 4) is 5.75 Å². The number of hydrogen-bond donors (Lipinski definition) is 2. The third-order valence-electron chi connectivity index (χ3n) is 2.70. The van der Waals surface area contributed by atoms with Crippen LogP contribution in [0.5, 0.6) is 5.75 Å². The fourth-order valence-electron chi connectivity index (χ4n) is 1.47. The van der Waals surface area contributed by atoms with Gasteiger partial charge in [-0.05, 0) is 32.0 Å². The highest BCUT2D eigenvalue weighted by Crippen LogP contribution is 2.23. The molecule has 100 valence electrons. The Morgan fingerprint density at radius 2 is 2.17 bits per heavy atom. The van der Waals surface area contributed by atoms with E-state index in [0.717, 1.165) is 15.8 Å². The molecule has 0 fully saturated rings. The van der Waals surface area contributed by atoms with Gasteiger partial charge >= 0.3 is 5.97 Å². The predicted octanol–water partition coefficient (Wildman–Crippen LogP) is 2.66. The molecule has 0 atom stereocenters. The van der Waals surface area contributed by atoms with Crippen molar-refractivity contribution in [3.63, 3.8) is 0 Å². The van der Waals surface area contributed by atoms with Crippen LogP contribution in [-0.4, -0.2) is 24.7 Å². The molecule has 1 rings (SSSR count). The van der Waals surface area contributed by atoms with E-state index in [0.29, 0.717) is 13.1 Å². The molecule has 0 spiro atoms. The summed E-state index contributed by atoms with van der Waals surface area (Å²) in [4.78, 5) is 11.0. The Labute approximate surface area is 115 Å². The first-order valence-electron chi connectivity index (χ1n) is 5.63. The van der Waals surface area contributed by atoms with E-state index in [-0.39, 0.29) is 0 Å². The average Bonchev–Trinajstić information content (AvgIpc) is 2.29. The Bertz CT molecular complexity index is 432. The molecule has 0 heterocycles. The second kappa shape index (κ2) is 6.20. The quantitative estimate of drug-likeness (QED) is 0.847. The fourth-order valence-corrected chi connectivity index (χ4v) is 1.88. The predicted molar refractivity (Wildman–Crippen MR) is 73.8 cm³/mol. The van der Waals surface area contributed by atoms with Gasteiger partial charge in [-0.3, -0.25) is 4.79 Å². The monoisotopic (exact) mass is 315 g/mol. The molecule has 2 N–H and O–H groups in total. The number of carboxylic acids is 1. The van der Waals surface area contributed by atoms with Crippen molar-refractivity contribution >= 4 is 21.9 Å². The van der Waals surface area contributed by atoms with Crippen LogP contribution in [0.2, 0.25) is 0 Å². The number of nitrogens with one attached hydrogen (secondary N) is 1. The lowest BCUT2D eigenvalue weighted by molar-refractivity contribution is -0.146. The van der Waals surface area contributed by atoms with Gasteiger partial charge in [0.1, 0.15) is 5.75 Å². The van der Waals surface area contributed by atoms with Crippen molar-refractivity contribution in [1.29, 1.82) is 0 Å². The Morgan fingerprint density at radius 3 is 2.72 bits per heavy atom. The summed E-state index contributed by atoms with van der Waals surface area (Å²) in [5, 5.41) is 12.2. The number of aliphatic carboxylic acids is 1. The lowest BCUT2D eigenvalue weighted by atomic mass is 9.94. The van der Waals surface area contributed by atoms with Crippen LogP contribution in [0.1, 0.15) is 19.4 Å². The second-order valence-corrected chi connectivity index (χ2v) is 5.66. The van der Waals surface area contributed by atoms with Crippen LogP contribution in [0, 0.1) is 5.41 Å². The van der Waals surface area contributed by atoms with E-state index in [2.05, 4.69) is 21.2 Å². The van der Waals surface area contributed by atoms with Gasteiger partial charge in [0.15, 0.2) is 0 Å². The van der Waals surface area contributed by atoms with Crippen molar-refractivity contribution in [2.24, 2.45) is 5.41 Å². The lowest BCUT2D eigenvalue weighted by Crippen LogP contribution is -2.35. The highest BCUT2D eigenvalue weighted by Gasteiger charge is 2.26. The van der Waals surface area contributed by atoms with Crippen molar-refractivity contribution in [2.75, 3.05) is 13.7 Å². The zero-order valence-corrected chi connectivity index (χ0v) is 12.4. The van der Waals surface area contributed by atoms with Crippen LogP contribution in [0.3, 0.4) is 0 Å². The fraction of sp³-hybridized carbons (Fsp3) is 0.462. The van der Waals surface area contributed by atoms with Crippen molar-refractivity contribution in [3.05, 3.63) is 28.2 Å². The van der Waals surface area contributed by atoms with Gasteiger partial charge in [-0.25, -0.2) is 0 Å². The summed E-state index contributed by atoms with van der Waals surface area (Å²) in [6.45, 7) is 4.36. The number of benzene rings is 1. The van der Waals surface area contributed by atoms with E-state index < -0.39 is 11.4 Å². The highest BCUT2D eigenvalue weighted by atomic mass is 79.9. The van der Waals surface area contributed by atoms with E-state index >= 15 is 0 Å². The van der Waals surface area contributed by atoms with Gasteiger partial charge < -0.3 is 15.2 Å². The minimum absolute atomic E-state index is 0.401. The van der Waals surface area contributed by atoms with Gasteiger partial charge in [-0.15, -0.1) is 0 Å². The number of methoxy groups -OCH3 is 1. The molecule has 0 saturated carbocycles. The average molecular weight is 316 g/mol. The molecule has 0 unspecified atom stereocenters. The zero-order valence-electron chi connectivity index (χ0n) is 10.8. The number of halogens is 1. The standard InChI is InChI=1S/C13H18BrNO3/c1-13(2,12(16)17)8-15-7-9-6-10(14)4-5-11(9)18-3/h4-6,15H,7-8H2,1-3H3,(H,16,17). The maximum Gasteiger partial charge on any atom is 0.310 e. The summed E-state index contributed by atoms with van der Waals surface area (Å²) in [5.74, 6) is -0.0185. The molecule has 0 amide bonds. The molecular weight excluding hydrogens is 298 g/mol. The van der Waals surface area contributed by atoms with E-state index in [1.165, 1.54) is 0 Å². The SMILES string of the molecule is COc1ccc(Br)cc1CNCC(C)(C)C(=O)O. The van der Waals surface area contributed by atoms with Crippen LogP contribution in [0.4, 0.5) is 0 Å². The van der Waals surface area contributed by atoms with Gasteiger partial charge in [-0.1, -0.05) is 15.9 Å². The van der Waals surface area contributed by atoms with Gasteiger partial charge in [0.05, 0.1) is 12.5 Å². The number of carbonyl (C=O) groups is 1. The molecule has 4 nitrogen and oxygen atoms in total. The summed E-state index contributed by atoms with van der Waals surface area (Å²) in [7, 11) is 1.62. The molecular formula is C13H18BrNO3. The van der Waals surface area contributed by atoms with Crippen LogP contribution < -0.4 is 10.1 Å². The molecule has 1 aromatic rings. The summed E-state index contributed by atoms with van der Waals surface area (Å²) in [6.07, 6.45) is 0. The normalized spacial score (nSPS) is 11.3. The maximum atomic E-state index is 11.0. The molecule has 0 aliphatic carbocycles. The van der Waals surface area contributed by atoms with Crippen molar-refractivity contribution in [1.82, 2.24) is 5.32 Å². The summed E-state index contributed by atoms with van der Waals surface area (Å²) < 4.78 is 6.22. The summed E-state index contributed by atoms with van der Waals surface area (Å²) in [6, 6.07) is 5.74. The number of hydrogen-bond acceptors (Lipinski definition) is 3. The van der Waals surface area contributed by atoms with Crippen molar-refractivity contribution < 1.29 is 14.6 Å². The Kier molecular flexibility index (Phi) is 5.16. The van der Waals surface area contributed by atoms with Crippen molar-refractivity contribution in [2.45, 2.75) is 20.4 Å². The molecule has 0 aliphatic rings. The first-order valence-corrected chi connectivity index (χ1v) is 6.42. The van der Waals surface area contributed by atoms with Crippen LogP contribution in [-0.2, 0) is 11.3 Å². The number of carboxylic acid groups (broad SMARTS) is 1. The molecule has 0 aliphatic heterocycles. The van der Waals surface area contributed by atoms with E-state index in [1.54, 1.807) is 21.0 Å². The highest BCUT2D eigenvalue weighted by molar-refractivity contribution is 9.10. The molecule has 5 heteroatoms. The number of ether oxygens (including phenoxy) is 1. The molecule has 18 heavy (non-hydrogen) atoms. The third-order valence-corrected chi connectivity index (χ3v) is 3.20. The summed E-state index contributed by atoms with van der Waals surface area (Å²) in [5.41, 5.74) is 0.215. The van der Waals surface area contributed by atoms with Gasteiger partial charge in [0.25, 0.3) is 0 Å². The lowest BCUT2D eigenvalue weighted by Gasteiger charge is -2.20. The molecule has 1 aromatic carbocycles. The minimum Gasteiger partial charge on any atom is -0.496 e. The van der Waals surface area contributed by atoms with Crippen LogP contribution in [0.25, 0.3) is 0 Å². The first-order chi connectivity index (χ1) is 8.36. The third kappa shape index (κ3) is 3.99. The van der Waals surface area contributed by atoms with E-state index in [4.69, 9.17) is 9.84 Å². The molecule has 0 saturated heterocycles. The molecule has 0 bridgehead atoms. The van der Waals surface area contributed by atoms with Crippen LogP contribution in [0.15, 0.2) is 22.7 Å². The largest absolute Gasteiger partial charge is 0.496 e. The second-order valence-electron chi connectivity index (χ2n) is 4.75. The summed E-state index contributed by atoms with van der Waals surface area (Å²) >= 11 is 3.40. The first kappa shape index (κ1) is 15.0. The Balaban J connectivity index is 2.64. The minimum atomic E-state index is -0.809. The van der Waals surface area contributed by atoms with E-state index in [1.807, 2.05) is 18.2 Å². The zero-order chi connectivity index (χ0) is 13.8. The van der Waals surface area contributed by atoms with Gasteiger partial charge in [0, 0.05) is 23.1 Å². The topological polar surface area (TPSA) is 58.6 Å². The Morgan fingerprint density at radius 1 is 1.50 bits per heavy atom. The van der Waals surface area contributed by atoms with E-state index in [9.17, 15) is 4.79 Å². The smallest absolute Gasteiger partial charge is 0.310 e. The maximum absolute atomic E-state index is 11.0. The van der Waals surface area contributed by atoms with Gasteiger partial charge in [0.2, 0.25) is 0 Å². The Hall–Kier alpha value is -1.07. The van der Waals surface area contributed by atoms with Gasteiger partial charge in [-0.2, -0.15) is 0 Å². The molecule has 0 aromatic heterocycles.